The minimum absolute atomic E-state index is 0.873. The van der Waals surface area contributed by atoms with Crippen molar-refractivity contribution in [2.75, 3.05) is 6.54 Å². The van der Waals surface area contributed by atoms with Gasteiger partial charge in [0.1, 0.15) is 0 Å². The zero-order chi connectivity index (χ0) is 12.6. The van der Waals surface area contributed by atoms with Crippen molar-refractivity contribution in [3.63, 3.8) is 0 Å². The zero-order valence-electron chi connectivity index (χ0n) is 10.2. The van der Waals surface area contributed by atoms with Crippen molar-refractivity contribution in [2.45, 2.75) is 25.9 Å². The summed E-state index contributed by atoms with van der Waals surface area (Å²) in [5.41, 5.74) is 1.21. The lowest BCUT2D eigenvalue weighted by atomic mass is 10.2. The van der Waals surface area contributed by atoms with Crippen molar-refractivity contribution in [2.24, 2.45) is 0 Å². The molecule has 96 valence electrons. The van der Waals surface area contributed by atoms with Crippen molar-refractivity contribution in [1.82, 2.24) is 19.9 Å². The zero-order valence-corrected chi connectivity index (χ0v) is 11.8. The monoisotopic (exact) mass is 308 g/mol. The van der Waals surface area contributed by atoms with E-state index in [1.165, 1.54) is 18.4 Å². The van der Waals surface area contributed by atoms with Gasteiger partial charge in [0.25, 0.3) is 0 Å². The van der Waals surface area contributed by atoms with Crippen LogP contribution in [0.4, 0.5) is 0 Å². The summed E-state index contributed by atoms with van der Waals surface area (Å²) in [4.78, 5) is 8.16. The van der Waals surface area contributed by atoms with Crippen LogP contribution in [0.25, 0.3) is 0 Å². The summed E-state index contributed by atoms with van der Waals surface area (Å²) in [6, 6.07) is 2.09. The first-order chi connectivity index (χ1) is 8.84. The van der Waals surface area contributed by atoms with E-state index in [0.29, 0.717) is 0 Å². The number of halogens is 1. The van der Waals surface area contributed by atoms with Crippen molar-refractivity contribution in [1.29, 1.82) is 0 Å². The van der Waals surface area contributed by atoms with Gasteiger partial charge in [-0.05, 0) is 46.9 Å². The highest BCUT2D eigenvalue weighted by molar-refractivity contribution is 9.10. The molecule has 2 rings (SSSR count). The molecule has 2 aromatic rings. The summed E-state index contributed by atoms with van der Waals surface area (Å²) in [6.07, 6.45) is 11.7. The van der Waals surface area contributed by atoms with Crippen LogP contribution < -0.4 is 5.32 Å². The van der Waals surface area contributed by atoms with Crippen molar-refractivity contribution in [3.05, 3.63) is 47.2 Å². The smallest absolute Gasteiger partial charge is 0.0945 e. The van der Waals surface area contributed by atoms with Crippen LogP contribution in [0.1, 0.15) is 18.4 Å². The average Bonchev–Trinajstić information content (AvgIpc) is 2.87. The molecule has 0 saturated heterocycles. The van der Waals surface area contributed by atoms with Gasteiger partial charge >= 0.3 is 0 Å². The fraction of sp³-hybridized carbons (Fsp3) is 0.385. The summed E-state index contributed by atoms with van der Waals surface area (Å²) in [6.45, 7) is 2.94. The second kappa shape index (κ2) is 7.28. The van der Waals surface area contributed by atoms with E-state index in [1.54, 1.807) is 6.20 Å². The van der Waals surface area contributed by atoms with Crippen LogP contribution in [0, 0.1) is 0 Å². The van der Waals surface area contributed by atoms with Gasteiger partial charge in [-0.2, -0.15) is 0 Å². The third kappa shape index (κ3) is 4.58. The number of pyridine rings is 1. The average molecular weight is 309 g/mol. The molecule has 0 unspecified atom stereocenters. The molecule has 1 N–H and O–H groups in total. The molecule has 0 aliphatic heterocycles. The molecule has 0 aliphatic carbocycles. The number of aryl methyl sites for hydroxylation is 1. The normalized spacial score (nSPS) is 10.7. The van der Waals surface area contributed by atoms with Gasteiger partial charge in [-0.1, -0.05) is 0 Å². The molecule has 0 fully saturated rings. The maximum absolute atomic E-state index is 4.14. The van der Waals surface area contributed by atoms with E-state index in [-0.39, 0.29) is 0 Å². The Labute approximate surface area is 116 Å². The number of rotatable bonds is 7. The van der Waals surface area contributed by atoms with E-state index in [2.05, 4.69) is 41.8 Å². The summed E-state index contributed by atoms with van der Waals surface area (Å²) in [7, 11) is 0. The number of hydrogen-bond acceptors (Lipinski definition) is 3. The van der Waals surface area contributed by atoms with E-state index in [9.17, 15) is 0 Å². The third-order valence-electron chi connectivity index (χ3n) is 2.67. The summed E-state index contributed by atoms with van der Waals surface area (Å²) < 4.78 is 3.14. The topological polar surface area (TPSA) is 42.7 Å². The Morgan fingerprint density at radius 1 is 1.22 bits per heavy atom. The first-order valence-corrected chi connectivity index (χ1v) is 6.90. The first kappa shape index (κ1) is 13.2. The molecule has 0 bridgehead atoms. The lowest BCUT2D eigenvalue weighted by molar-refractivity contribution is 0.568. The van der Waals surface area contributed by atoms with Crippen LogP contribution >= 0.6 is 15.9 Å². The van der Waals surface area contributed by atoms with Gasteiger partial charge in [0, 0.05) is 42.3 Å². The second-order valence-corrected chi connectivity index (χ2v) is 5.11. The molecule has 18 heavy (non-hydrogen) atoms. The highest BCUT2D eigenvalue weighted by atomic mass is 79.9. The van der Waals surface area contributed by atoms with Crippen LogP contribution in [0.5, 0.6) is 0 Å². The molecule has 5 heteroatoms. The lowest BCUT2D eigenvalue weighted by Gasteiger charge is -2.05. The summed E-state index contributed by atoms with van der Waals surface area (Å²) in [5, 5.41) is 3.42. The van der Waals surface area contributed by atoms with Crippen molar-refractivity contribution < 1.29 is 0 Å². The number of aromatic nitrogens is 3. The highest BCUT2D eigenvalue weighted by Crippen LogP contribution is 2.09. The van der Waals surface area contributed by atoms with E-state index < -0.39 is 0 Å². The Kier molecular flexibility index (Phi) is 5.36. The number of nitrogens with one attached hydrogen (secondary N) is 1. The largest absolute Gasteiger partial charge is 0.337 e. The molecule has 2 heterocycles. The van der Waals surface area contributed by atoms with E-state index in [4.69, 9.17) is 0 Å². The Balaban J connectivity index is 1.56. The Hall–Kier alpha value is -1.20. The molecular formula is C13H17BrN4. The molecule has 0 radical (unpaired) electrons. The Morgan fingerprint density at radius 2 is 2.17 bits per heavy atom. The van der Waals surface area contributed by atoms with Gasteiger partial charge in [-0.3, -0.25) is 4.98 Å². The summed E-state index contributed by atoms with van der Waals surface area (Å²) >= 11 is 3.42. The van der Waals surface area contributed by atoms with Crippen LogP contribution in [0.15, 0.2) is 41.7 Å². The molecule has 2 aromatic heterocycles. The fourth-order valence-electron chi connectivity index (χ4n) is 1.75. The first-order valence-electron chi connectivity index (χ1n) is 6.10. The molecule has 0 amide bonds. The van der Waals surface area contributed by atoms with Crippen LogP contribution in [-0.4, -0.2) is 21.1 Å². The quantitative estimate of drug-likeness (QED) is 0.800. The van der Waals surface area contributed by atoms with Gasteiger partial charge in [0.15, 0.2) is 0 Å². The number of hydrogen-bond donors (Lipinski definition) is 1. The molecule has 0 aromatic carbocycles. The third-order valence-corrected chi connectivity index (χ3v) is 3.10. The molecule has 0 saturated carbocycles. The predicted octanol–water partition coefficient (Wildman–Crippen LogP) is 2.61. The van der Waals surface area contributed by atoms with Crippen LogP contribution in [0.3, 0.4) is 0 Å². The van der Waals surface area contributed by atoms with Gasteiger partial charge in [0.05, 0.1) is 6.33 Å². The predicted molar refractivity (Wildman–Crippen MR) is 75.1 cm³/mol. The molecule has 0 spiro atoms. The van der Waals surface area contributed by atoms with Crippen molar-refractivity contribution >= 4 is 15.9 Å². The minimum Gasteiger partial charge on any atom is -0.337 e. The number of unbranched alkanes of at least 4 members (excludes halogenated alkanes) is 1. The Bertz CT molecular complexity index is 456. The lowest BCUT2D eigenvalue weighted by Crippen LogP contribution is -2.15. The summed E-state index contributed by atoms with van der Waals surface area (Å²) in [5.74, 6) is 0. The Morgan fingerprint density at radius 3 is 2.94 bits per heavy atom. The van der Waals surface area contributed by atoms with E-state index in [0.717, 1.165) is 24.1 Å². The van der Waals surface area contributed by atoms with E-state index in [1.807, 2.05) is 24.9 Å². The van der Waals surface area contributed by atoms with Gasteiger partial charge in [-0.25, -0.2) is 4.98 Å². The van der Waals surface area contributed by atoms with Crippen LogP contribution in [0.2, 0.25) is 0 Å². The molecule has 4 nitrogen and oxygen atoms in total. The molecular weight excluding hydrogens is 292 g/mol. The SMILES string of the molecule is Brc1cncc(CNCCCCn2ccnc2)c1. The molecule has 0 atom stereocenters. The number of imidazole rings is 1. The van der Waals surface area contributed by atoms with Gasteiger partial charge in [-0.15, -0.1) is 0 Å². The van der Waals surface area contributed by atoms with Gasteiger partial charge in [0.2, 0.25) is 0 Å². The minimum atomic E-state index is 0.873. The second-order valence-electron chi connectivity index (χ2n) is 4.20. The maximum Gasteiger partial charge on any atom is 0.0945 e. The number of nitrogens with zero attached hydrogens (tertiary/aromatic N) is 3. The van der Waals surface area contributed by atoms with Crippen LogP contribution in [-0.2, 0) is 13.1 Å². The van der Waals surface area contributed by atoms with Crippen molar-refractivity contribution in [3.8, 4) is 0 Å². The van der Waals surface area contributed by atoms with E-state index >= 15 is 0 Å². The standard InChI is InChI=1S/C13H17BrN4/c14-13-7-12(9-17-10-13)8-15-3-1-2-5-18-6-4-16-11-18/h4,6-7,9-11,15H,1-3,5,8H2. The highest BCUT2D eigenvalue weighted by Gasteiger charge is 1.95. The fourth-order valence-corrected chi connectivity index (χ4v) is 2.16. The molecule has 0 aliphatic rings. The van der Waals surface area contributed by atoms with Gasteiger partial charge < -0.3 is 9.88 Å². The maximum atomic E-state index is 4.14.